The van der Waals surface area contributed by atoms with Crippen LogP contribution >= 0.6 is 12.4 Å². The van der Waals surface area contributed by atoms with Gasteiger partial charge in [0.2, 0.25) is 0 Å². The summed E-state index contributed by atoms with van der Waals surface area (Å²) in [6.45, 7) is 3.74. The number of H-pyrrole nitrogens is 1. The lowest BCUT2D eigenvalue weighted by atomic mass is 9.92. The summed E-state index contributed by atoms with van der Waals surface area (Å²) in [5.41, 5.74) is 2.67. The first-order chi connectivity index (χ1) is 11.3. The van der Waals surface area contributed by atoms with E-state index >= 15 is 0 Å². The van der Waals surface area contributed by atoms with Gasteiger partial charge < -0.3 is 15.0 Å². The predicted molar refractivity (Wildman–Crippen MR) is 93.5 cm³/mol. The van der Waals surface area contributed by atoms with Crippen LogP contribution in [0.3, 0.4) is 0 Å². The maximum absolute atomic E-state index is 13.0. The topological polar surface area (TPSA) is 70.2 Å². The van der Waals surface area contributed by atoms with Crippen molar-refractivity contribution in [1.29, 1.82) is 0 Å². The van der Waals surface area contributed by atoms with Crippen molar-refractivity contribution in [1.82, 2.24) is 20.4 Å². The van der Waals surface area contributed by atoms with Crippen LogP contribution in [-0.4, -0.2) is 52.8 Å². The Hall–Kier alpha value is -1.11. The molecule has 0 atom stereocenters. The maximum Gasteiger partial charge on any atom is 0.274 e. The summed E-state index contributed by atoms with van der Waals surface area (Å²) in [7, 11) is 0. The number of aromatic amines is 1. The van der Waals surface area contributed by atoms with Crippen molar-refractivity contribution in [3.8, 4) is 0 Å². The number of rotatable bonds is 1. The Morgan fingerprint density at radius 1 is 1.21 bits per heavy atom. The van der Waals surface area contributed by atoms with Crippen molar-refractivity contribution in [2.45, 2.75) is 57.1 Å². The summed E-state index contributed by atoms with van der Waals surface area (Å²) in [5.74, 6) is 0.0677. The third kappa shape index (κ3) is 3.32. The number of amides is 1. The van der Waals surface area contributed by atoms with Crippen molar-refractivity contribution < 1.29 is 9.53 Å². The summed E-state index contributed by atoms with van der Waals surface area (Å²) >= 11 is 0. The Bertz CT molecular complexity index is 581. The second-order valence-corrected chi connectivity index (χ2v) is 7.13. The Morgan fingerprint density at radius 2 is 2.00 bits per heavy atom. The Balaban J connectivity index is 0.00000169. The molecule has 1 aromatic heterocycles. The first-order valence-electron chi connectivity index (χ1n) is 8.98. The lowest BCUT2D eigenvalue weighted by Crippen LogP contribution is -2.53. The number of carbonyl (C=O) groups excluding carboxylic acids is 1. The maximum atomic E-state index is 13.0. The SMILES string of the molecule is Cl.O=C(c1n[nH]c2c1CNCC2)N1CCOC2(CCCCCC2)C1. The van der Waals surface area contributed by atoms with Crippen LogP contribution in [0.15, 0.2) is 0 Å². The van der Waals surface area contributed by atoms with E-state index in [1.54, 1.807) is 0 Å². The number of nitrogens with zero attached hydrogens (tertiary/aromatic N) is 2. The zero-order valence-electron chi connectivity index (χ0n) is 14.1. The van der Waals surface area contributed by atoms with E-state index < -0.39 is 0 Å². The molecule has 7 heteroatoms. The largest absolute Gasteiger partial charge is 0.371 e. The minimum Gasteiger partial charge on any atom is -0.371 e. The van der Waals surface area contributed by atoms with Gasteiger partial charge in [0.15, 0.2) is 5.69 Å². The summed E-state index contributed by atoms with van der Waals surface area (Å²) in [6, 6.07) is 0. The number of fused-ring (bicyclic) bond motifs is 1. The number of ether oxygens (including phenoxy) is 1. The van der Waals surface area contributed by atoms with Crippen molar-refractivity contribution in [3.63, 3.8) is 0 Å². The van der Waals surface area contributed by atoms with Gasteiger partial charge in [-0.2, -0.15) is 5.10 Å². The highest BCUT2D eigenvalue weighted by atomic mass is 35.5. The molecule has 6 nitrogen and oxygen atoms in total. The van der Waals surface area contributed by atoms with E-state index in [2.05, 4.69) is 15.5 Å². The molecule has 3 aliphatic rings. The highest BCUT2D eigenvalue weighted by Gasteiger charge is 2.39. The zero-order valence-corrected chi connectivity index (χ0v) is 14.9. The van der Waals surface area contributed by atoms with E-state index in [0.717, 1.165) is 50.2 Å². The number of carbonyl (C=O) groups is 1. The molecule has 0 unspecified atom stereocenters. The van der Waals surface area contributed by atoms with E-state index in [9.17, 15) is 4.79 Å². The van der Waals surface area contributed by atoms with Gasteiger partial charge in [0.25, 0.3) is 5.91 Å². The van der Waals surface area contributed by atoms with Gasteiger partial charge in [-0.15, -0.1) is 12.4 Å². The van der Waals surface area contributed by atoms with Crippen LogP contribution in [0.25, 0.3) is 0 Å². The molecule has 0 aromatic carbocycles. The van der Waals surface area contributed by atoms with Gasteiger partial charge in [0, 0.05) is 37.3 Å². The number of nitrogens with one attached hydrogen (secondary N) is 2. The second kappa shape index (κ2) is 7.42. The minimum absolute atomic E-state index is 0. The molecular weight excluding hydrogens is 328 g/mol. The molecule has 4 rings (SSSR count). The Kier molecular flexibility index (Phi) is 5.47. The molecule has 1 saturated carbocycles. The Labute approximate surface area is 149 Å². The summed E-state index contributed by atoms with van der Waals surface area (Å²) in [4.78, 5) is 15.0. The highest BCUT2D eigenvalue weighted by molar-refractivity contribution is 5.94. The van der Waals surface area contributed by atoms with Gasteiger partial charge in [0.05, 0.1) is 18.8 Å². The quantitative estimate of drug-likeness (QED) is 0.809. The van der Waals surface area contributed by atoms with Crippen LogP contribution in [0.4, 0.5) is 0 Å². The third-order valence-electron chi connectivity index (χ3n) is 5.56. The summed E-state index contributed by atoms with van der Waals surface area (Å²) < 4.78 is 6.16. The second-order valence-electron chi connectivity index (χ2n) is 7.13. The van der Waals surface area contributed by atoms with Crippen molar-refractivity contribution in [3.05, 3.63) is 17.0 Å². The molecule has 0 radical (unpaired) electrons. The average Bonchev–Trinajstić information content (AvgIpc) is 2.89. The Morgan fingerprint density at radius 3 is 2.79 bits per heavy atom. The zero-order chi connectivity index (χ0) is 15.7. The number of morpholine rings is 1. The van der Waals surface area contributed by atoms with Crippen molar-refractivity contribution in [2.24, 2.45) is 0 Å². The van der Waals surface area contributed by atoms with Crippen LogP contribution in [0.1, 0.15) is 60.3 Å². The third-order valence-corrected chi connectivity index (χ3v) is 5.56. The lowest BCUT2D eigenvalue weighted by Gasteiger charge is -2.42. The van der Waals surface area contributed by atoms with Gasteiger partial charge >= 0.3 is 0 Å². The molecule has 2 N–H and O–H groups in total. The lowest BCUT2D eigenvalue weighted by molar-refractivity contribution is -0.107. The van der Waals surface area contributed by atoms with E-state index in [0.29, 0.717) is 18.8 Å². The van der Waals surface area contributed by atoms with Crippen molar-refractivity contribution >= 4 is 18.3 Å². The molecule has 1 amide bonds. The normalized spacial score (nSPS) is 23.2. The van der Waals surface area contributed by atoms with Crippen LogP contribution in [0, 0.1) is 0 Å². The first kappa shape index (κ1) is 17.7. The van der Waals surface area contributed by atoms with Crippen LogP contribution in [0.5, 0.6) is 0 Å². The van der Waals surface area contributed by atoms with Crippen LogP contribution < -0.4 is 5.32 Å². The fourth-order valence-electron chi connectivity index (χ4n) is 4.25. The molecule has 2 aliphatic heterocycles. The van der Waals surface area contributed by atoms with E-state index in [4.69, 9.17) is 4.74 Å². The van der Waals surface area contributed by atoms with Crippen LogP contribution in [0.2, 0.25) is 0 Å². The number of aromatic nitrogens is 2. The van der Waals surface area contributed by atoms with E-state index in [-0.39, 0.29) is 23.9 Å². The fourth-order valence-corrected chi connectivity index (χ4v) is 4.25. The minimum atomic E-state index is -0.112. The number of hydrogen-bond acceptors (Lipinski definition) is 4. The number of halogens is 1. The number of hydrogen-bond donors (Lipinski definition) is 2. The van der Waals surface area contributed by atoms with Crippen molar-refractivity contribution in [2.75, 3.05) is 26.2 Å². The molecule has 3 heterocycles. The molecule has 1 aromatic rings. The molecule has 1 aliphatic carbocycles. The molecule has 1 spiro atoms. The molecule has 0 bridgehead atoms. The fraction of sp³-hybridized carbons (Fsp3) is 0.765. The predicted octanol–water partition coefficient (Wildman–Crippen LogP) is 2.04. The monoisotopic (exact) mass is 354 g/mol. The van der Waals surface area contributed by atoms with Gasteiger partial charge in [0.1, 0.15) is 0 Å². The summed E-state index contributed by atoms with van der Waals surface area (Å²) in [6.07, 6.45) is 8.08. The van der Waals surface area contributed by atoms with Gasteiger partial charge in [-0.05, 0) is 12.8 Å². The van der Waals surface area contributed by atoms with E-state index in [1.165, 1.54) is 25.7 Å². The molecule has 24 heavy (non-hydrogen) atoms. The van der Waals surface area contributed by atoms with Gasteiger partial charge in [-0.3, -0.25) is 9.89 Å². The average molecular weight is 355 g/mol. The smallest absolute Gasteiger partial charge is 0.274 e. The first-order valence-corrected chi connectivity index (χ1v) is 8.98. The molecular formula is C17H27ClN4O2. The molecule has 1 saturated heterocycles. The standard InChI is InChI=1S/C17H26N4O2.ClH/c22-16(15-13-11-18-8-5-14(13)19-20-15)21-9-10-23-17(12-21)6-3-1-2-4-7-17;/h18H,1-12H2,(H,19,20);1H. The highest BCUT2D eigenvalue weighted by Crippen LogP contribution is 2.34. The van der Waals surface area contributed by atoms with Crippen LogP contribution in [-0.2, 0) is 17.7 Å². The molecule has 2 fully saturated rings. The van der Waals surface area contributed by atoms with E-state index in [1.807, 2.05) is 4.90 Å². The van der Waals surface area contributed by atoms with Gasteiger partial charge in [-0.1, -0.05) is 25.7 Å². The summed E-state index contributed by atoms with van der Waals surface area (Å²) in [5, 5.41) is 10.7. The van der Waals surface area contributed by atoms with Gasteiger partial charge in [-0.25, -0.2) is 0 Å². The molecule has 134 valence electrons.